The third-order valence-electron chi connectivity index (χ3n) is 5.90. The lowest BCUT2D eigenvalue weighted by Crippen LogP contribution is -2.69. The topological polar surface area (TPSA) is 132 Å². The first kappa shape index (κ1) is 26.0. The van der Waals surface area contributed by atoms with Crippen LogP contribution in [0.1, 0.15) is 22.9 Å². The number of nitrogens with one attached hydrogen (secondary N) is 1. The summed E-state index contributed by atoms with van der Waals surface area (Å²) in [6.07, 6.45) is -0.191. The van der Waals surface area contributed by atoms with Crippen LogP contribution in [-0.2, 0) is 30.3 Å². The van der Waals surface area contributed by atoms with E-state index in [0.29, 0.717) is 27.1 Å². The molecule has 2 aromatic carbocycles. The molecule has 1 saturated heterocycles. The van der Waals surface area contributed by atoms with Gasteiger partial charge in [-0.25, -0.2) is 9.78 Å². The van der Waals surface area contributed by atoms with Crippen molar-refractivity contribution >= 4 is 59.1 Å². The highest BCUT2D eigenvalue weighted by Crippen LogP contribution is 2.46. The van der Waals surface area contributed by atoms with Crippen molar-refractivity contribution < 1.29 is 23.9 Å². The fourth-order valence-electron chi connectivity index (χ4n) is 4.20. The zero-order chi connectivity index (χ0) is 26.6. The van der Waals surface area contributed by atoms with Gasteiger partial charge in [-0.05, 0) is 11.1 Å². The van der Waals surface area contributed by atoms with E-state index in [-0.39, 0.29) is 18.0 Å². The number of hydrogen-bond donors (Lipinski definition) is 2. The van der Waals surface area contributed by atoms with Crippen molar-refractivity contribution in [1.29, 1.82) is 0 Å². The van der Waals surface area contributed by atoms with Crippen LogP contribution in [0.15, 0.2) is 81.0 Å². The van der Waals surface area contributed by atoms with E-state index >= 15 is 0 Å². The number of thiazole rings is 1. The first-order valence-electron chi connectivity index (χ1n) is 11.5. The number of hydrogen-bond acceptors (Lipinski definition) is 9. The number of aromatic nitrogens is 1. The molecule has 3 amide bonds. The van der Waals surface area contributed by atoms with Gasteiger partial charge in [0.2, 0.25) is 12.3 Å². The molecule has 194 valence electrons. The highest BCUT2D eigenvalue weighted by Gasteiger charge is 2.54. The smallest absolute Gasteiger partial charge is 0.356 e. The Balaban J connectivity index is 1.49. The zero-order valence-electron chi connectivity index (χ0n) is 19.8. The van der Waals surface area contributed by atoms with Crippen LogP contribution in [0.25, 0.3) is 0 Å². The van der Waals surface area contributed by atoms with Crippen molar-refractivity contribution in [2.24, 2.45) is 5.73 Å². The Morgan fingerprint density at radius 1 is 1.16 bits per heavy atom. The fraction of sp³-hybridized carbons (Fsp3) is 0.192. The number of rotatable bonds is 10. The van der Waals surface area contributed by atoms with Crippen molar-refractivity contribution in [2.75, 3.05) is 5.75 Å². The molecule has 1 fully saturated rings. The molecule has 2 aliphatic rings. The van der Waals surface area contributed by atoms with E-state index in [1.54, 1.807) is 5.38 Å². The summed E-state index contributed by atoms with van der Waals surface area (Å²) in [7, 11) is 0. The molecule has 3 N–H and O–H groups in total. The van der Waals surface area contributed by atoms with Gasteiger partial charge in [0, 0.05) is 16.0 Å². The molecule has 0 radical (unpaired) electrons. The standard InChI is InChI=1S/C26H22N4O5S3/c27-19(32)11-17-12-37-26(29-17)38-18-13-36-24-20(28-14-31)23(33)30(24)21(18)25(34)35-22(15-7-3-1-4-8-15)16-9-5-2-6-10-16/h1-10,12,14,20,22,24H,11,13H2,(H2,27,32)(H,28,31)/t20-,24-/m1/s1. The molecule has 0 aliphatic carbocycles. The minimum absolute atomic E-state index is 0.0152. The SMILES string of the molecule is NC(=O)Cc1csc(SC2=C(C(=O)OC(c3ccccc3)c3ccccc3)N3C(=O)[C@@H](NC=O)[C@H]3SC2)n1. The van der Waals surface area contributed by atoms with Crippen LogP contribution < -0.4 is 11.1 Å². The van der Waals surface area contributed by atoms with Crippen LogP contribution in [-0.4, -0.2) is 51.2 Å². The molecule has 5 rings (SSSR count). The van der Waals surface area contributed by atoms with Gasteiger partial charge in [0.05, 0.1) is 12.1 Å². The van der Waals surface area contributed by atoms with Crippen LogP contribution in [0.3, 0.4) is 0 Å². The summed E-state index contributed by atoms with van der Waals surface area (Å²) in [6, 6.07) is 18.0. The summed E-state index contributed by atoms with van der Waals surface area (Å²) in [6.45, 7) is 0. The van der Waals surface area contributed by atoms with E-state index < -0.39 is 29.4 Å². The second-order valence-electron chi connectivity index (χ2n) is 8.40. The number of thioether (sulfide) groups is 2. The van der Waals surface area contributed by atoms with Crippen LogP contribution in [0.4, 0.5) is 0 Å². The maximum Gasteiger partial charge on any atom is 0.356 e. The molecule has 3 heterocycles. The number of esters is 1. The van der Waals surface area contributed by atoms with E-state index in [2.05, 4.69) is 10.3 Å². The van der Waals surface area contributed by atoms with Gasteiger partial charge < -0.3 is 15.8 Å². The quantitative estimate of drug-likeness (QED) is 0.218. The highest BCUT2D eigenvalue weighted by atomic mass is 32.2. The van der Waals surface area contributed by atoms with Gasteiger partial charge in [-0.15, -0.1) is 23.1 Å². The fourth-order valence-corrected chi connectivity index (χ4v) is 7.68. The Morgan fingerprint density at radius 3 is 2.42 bits per heavy atom. The number of β-lactam (4-membered cyclic amide) rings is 1. The molecule has 2 aliphatic heterocycles. The van der Waals surface area contributed by atoms with Gasteiger partial charge in [0.25, 0.3) is 5.91 Å². The van der Waals surface area contributed by atoms with Gasteiger partial charge in [-0.1, -0.05) is 72.4 Å². The Bertz CT molecular complexity index is 1360. The molecule has 0 saturated carbocycles. The van der Waals surface area contributed by atoms with Crippen molar-refractivity contribution in [3.05, 3.63) is 93.5 Å². The van der Waals surface area contributed by atoms with Crippen molar-refractivity contribution in [3.63, 3.8) is 0 Å². The predicted molar refractivity (Wildman–Crippen MR) is 145 cm³/mol. The van der Waals surface area contributed by atoms with E-state index in [9.17, 15) is 19.2 Å². The van der Waals surface area contributed by atoms with Crippen molar-refractivity contribution in [1.82, 2.24) is 15.2 Å². The molecule has 12 heteroatoms. The minimum Gasteiger partial charge on any atom is -0.448 e. The summed E-state index contributed by atoms with van der Waals surface area (Å²) in [4.78, 5) is 55.6. The van der Waals surface area contributed by atoms with Crippen LogP contribution in [0.2, 0.25) is 0 Å². The third kappa shape index (κ3) is 5.33. The van der Waals surface area contributed by atoms with E-state index in [0.717, 1.165) is 11.1 Å². The van der Waals surface area contributed by atoms with E-state index in [1.807, 2.05) is 60.7 Å². The highest BCUT2D eigenvalue weighted by molar-refractivity contribution is 8.07. The molecule has 0 spiro atoms. The summed E-state index contributed by atoms with van der Waals surface area (Å²) in [5.41, 5.74) is 7.54. The zero-order valence-corrected chi connectivity index (χ0v) is 22.3. The average Bonchev–Trinajstić information content (AvgIpc) is 3.36. The molecular weight excluding hydrogens is 545 g/mol. The molecule has 3 aromatic rings. The van der Waals surface area contributed by atoms with Crippen LogP contribution in [0.5, 0.6) is 0 Å². The molecule has 2 atom stereocenters. The van der Waals surface area contributed by atoms with Gasteiger partial charge in [-0.2, -0.15) is 0 Å². The normalized spacial score (nSPS) is 18.6. The summed E-state index contributed by atoms with van der Waals surface area (Å²) < 4.78 is 6.71. The number of primary amides is 1. The summed E-state index contributed by atoms with van der Waals surface area (Å²) >= 11 is 4.02. The van der Waals surface area contributed by atoms with Crippen molar-refractivity contribution in [2.45, 2.75) is 28.3 Å². The van der Waals surface area contributed by atoms with Gasteiger partial charge in [0.1, 0.15) is 17.1 Å². The Kier molecular flexibility index (Phi) is 7.82. The van der Waals surface area contributed by atoms with Crippen LogP contribution >= 0.6 is 34.9 Å². The molecular formula is C26H22N4O5S3. The number of carbonyl (C=O) groups excluding carboxylic acids is 4. The minimum atomic E-state index is -0.715. The molecule has 1 aromatic heterocycles. The number of nitrogens with two attached hydrogens (primary N) is 1. The first-order valence-corrected chi connectivity index (χ1v) is 14.3. The number of carbonyl (C=O) groups is 4. The Labute approximate surface area is 230 Å². The maximum absolute atomic E-state index is 13.8. The number of amides is 3. The second-order valence-corrected chi connectivity index (χ2v) is 11.7. The first-order chi connectivity index (χ1) is 18.5. The second kappa shape index (κ2) is 11.4. The maximum atomic E-state index is 13.8. The lowest BCUT2D eigenvalue weighted by molar-refractivity contribution is -0.154. The third-order valence-corrected chi connectivity index (χ3v) is 9.43. The Morgan fingerprint density at radius 2 is 1.82 bits per heavy atom. The van der Waals surface area contributed by atoms with Crippen molar-refractivity contribution in [3.8, 4) is 0 Å². The number of fused-ring (bicyclic) bond motifs is 1. The lowest BCUT2D eigenvalue weighted by Gasteiger charge is -2.49. The van der Waals surface area contributed by atoms with E-state index in [1.165, 1.54) is 39.8 Å². The van der Waals surface area contributed by atoms with Gasteiger partial charge in [-0.3, -0.25) is 19.3 Å². The van der Waals surface area contributed by atoms with Gasteiger partial charge >= 0.3 is 5.97 Å². The predicted octanol–water partition coefficient (Wildman–Crippen LogP) is 2.84. The lowest BCUT2D eigenvalue weighted by atomic mass is 10.0. The molecule has 0 unspecified atom stereocenters. The van der Waals surface area contributed by atoms with Gasteiger partial charge in [0.15, 0.2) is 10.4 Å². The average molecular weight is 567 g/mol. The molecule has 0 bridgehead atoms. The van der Waals surface area contributed by atoms with Crippen LogP contribution in [0, 0.1) is 0 Å². The molecule has 9 nitrogen and oxygen atoms in total. The summed E-state index contributed by atoms with van der Waals surface area (Å²) in [5.74, 6) is -1.11. The van der Waals surface area contributed by atoms with E-state index in [4.69, 9.17) is 10.5 Å². The molecule has 38 heavy (non-hydrogen) atoms. The summed E-state index contributed by atoms with van der Waals surface area (Å²) in [5, 5.41) is 3.86. The largest absolute Gasteiger partial charge is 0.448 e. The monoisotopic (exact) mass is 566 g/mol. The number of nitrogens with zero attached hydrogens (tertiary/aromatic N) is 2. The number of ether oxygens (including phenoxy) is 1. The number of benzene rings is 2. The Hall–Kier alpha value is -3.61.